The van der Waals surface area contributed by atoms with E-state index >= 15 is 0 Å². The van der Waals surface area contributed by atoms with Gasteiger partial charge >= 0.3 is 0 Å². The number of nitrogens with zero attached hydrogens (tertiary/aromatic N) is 3. The zero-order valence-corrected chi connectivity index (χ0v) is 18.7. The molecule has 2 fully saturated rings. The molecule has 1 unspecified atom stereocenters. The first-order valence-corrected chi connectivity index (χ1v) is 12.0. The summed E-state index contributed by atoms with van der Waals surface area (Å²) in [6.07, 6.45) is 4.67. The maximum Gasteiger partial charge on any atom is 0.255 e. The number of fused-ring (bicyclic) bond motifs is 1. The van der Waals surface area contributed by atoms with Crippen LogP contribution in [0.15, 0.2) is 60.7 Å². The summed E-state index contributed by atoms with van der Waals surface area (Å²) in [4.78, 5) is 23.0. The Hall–Kier alpha value is -2.92. The van der Waals surface area contributed by atoms with Gasteiger partial charge in [-0.2, -0.15) is 0 Å². The summed E-state index contributed by atoms with van der Waals surface area (Å²) in [7, 11) is 0. The number of carbonyl (C=O) groups is 1. The molecule has 5 heteroatoms. The molecular formula is C27H32N4O. The van der Waals surface area contributed by atoms with Crippen LogP contribution < -0.4 is 10.2 Å². The van der Waals surface area contributed by atoms with Crippen molar-refractivity contribution in [1.82, 2.24) is 15.2 Å². The number of likely N-dealkylation sites (tertiary alicyclic amines) is 1. The lowest BCUT2D eigenvalue weighted by molar-refractivity contribution is 0.0931. The van der Waals surface area contributed by atoms with E-state index in [2.05, 4.69) is 45.4 Å². The molecule has 1 aromatic heterocycles. The summed E-state index contributed by atoms with van der Waals surface area (Å²) in [5.74, 6) is 1.33. The van der Waals surface area contributed by atoms with Crippen LogP contribution in [0, 0.1) is 5.92 Å². The van der Waals surface area contributed by atoms with Crippen LogP contribution >= 0.6 is 0 Å². The molecule has 0 aliphatic carbocycles. The molecule has 5 rings (SSSR count). The molecule has 0 radical (unpaired) electrons. The minimum atomic E-state index is 0.00494. The predicted octanol–water partition coefficient (Wildman–Crippen LogP) is 4.48. The fraction of sp³-hybridized carbons (Fsp3) is 0.407. The average molecular weight is 429 g/mol. The summed E-state index contributed by atoms with van der Waals surface area (Å²) in [6.45, 7) is 5.82. The number of rotatable bonds is 6. The quantitative estimate of drug-likeness (QED) is 0.629. The van der Waals surface area contributed by atoms with Gasteiger partial charge in [0.25, 0.3) is 5.91 Å². The number of nitrogens with one attached hydrogen (secondary N) is 1. The Morgan fingerprint density at radius 2 is 1.75 bits per heavy atom. The lowest BCUT2D eigenvalue weighted by atomic mass is 9.97. The first-order valence-electron chi connectivity index (χ1n) is 12.0. The van der Waals surface area contributed by atoms with Crippen molar-refractivity contribution in [2.45, 2.75) is 32.2 Å². The Morgan fingerprint density at radius 3 is 2.59 bits per heavy atom. The number of aromatic nitrogens is 1. The third-order valence-electron chi connectivity index (χ3n) is 6.76. The third-order valence-corrected chi connectivity index (χ3v) is 6.76. The lowest BCUT2D eigenvalue weighted by Crippen LogP contribution is -2.40. The molecule has 5 nitrogen and oxygen atoms in total. The van der Waals surface area contributed by atoms with Crippen LogP contribution in [0.3, 0.4) is 0 Å². The van der Waals surface area contributed by atoms with Crippen molar-refractivity contribution >= 4 is 22.6 Å². The van der Waals surface area contributed by atoms with Gasteiger partial charge in [-0.05, 0) is 55.8 Å². The topological polar surface area (TPSA) is 48.5 Å². The average Bonchev–Trinajstić information content (AvgIpc) is 3.37. The van der Waals surface area contributed by atoms with Gasteiger partial charge in [0.1, 0.15) is 5.82 Å². The largest absolute Gasteiger partial charge is 0.356 e. The lowest BCUT2D eigenvalue weighted by Gasteiger charge is -2.33. The zero-order chi connectivity index (χ0) is 21.8. The van der Waals surface area contributed by atoms with Crippen molar-refractivity contribution in [3.63, 3.8) is 0 Å². The maximum absolute atomic E-state index is 13.3. The molecule has 3 heterocycles. The second-order valence-corrected chi connectivity index (χ2v) is 9.19. The van der Waals surface area contributed by atoms with Crippen molar-refractivity contribution in [2.75, 3.05) is 37.6 Å². The molecule has 2 saturated heterocycles. The van der Waals surface area contributed by atoms with Gasteiger partial charge in [-0.25, -0.2) is 4.98 Å². The van der Waals surface area contributed by atoms with E-state index in [0.29, 0.717) is 11.5 Å². The molecule has 2 aromatic carbocycles. The summed E-state index contributed by atoms with van der Waals surface area (Å²) in [5, 5.41) is 4.27. The van der Waals surface area contributed by atoms with E-state index in [-0.39, 0.29) is 5.91 Å². The van der Waals surface area contributed by atoms with Gasteiger partial charge in [0.05, 0.1) is 11.1 Å². The fourth-order valence-electron chi connectivity index (χ4n) is 5.08. The molecule has 1 N–H and O–H groups in total. The van der Waals surface area contributed by atoms with Crippen molar-refractivity contribution in [1.29, 1.82) is 0 Å². The van der Waals surface area contributed by atoms with E-state index in [1.54, 1.807) is 0 Å². The van der Waals surface area contributed by atoms with Crippen molar-refractivity contribution < 1.29 is 4.79 Å². The van der Waals surface area contributed by atoms with E-state index in [0.717, 1.165) is 68.8 Å². The highest BCUT2D eigenvalue weighted by Gasteiger charge is 2.24. The van der Waals surface area contributed by atoms with E-state index < -0.39 is 0 Å². The van der Waals surface area contributed by atoms with Crippen molar-refractivity contribution in [3.8, 4) is 0 Å². The van der Waals surface area contributed by atoms with Crippen molar-refractivity contribution in [2.24, 2.45) is 5.92 Å². The number of piperidine rings is 1. The van der Waals surface area contributed by atoms with E-state index in [4.69, 9.17) is 4.98 Å². The summed E-state index contributed by atoms with van der Waals surface area (Å²) >= 11 is 0. The highest BCUT2D eigenvalue weighted by molar-refractivity contribution is 6.02. The maximum atomic E-state index is 13.3. The normalized spacial score (nSPS) is 19.4. The molecule has 2 aliphatic rings. The van der Waals surface area contributed by atoms with E-state index in [1.165, 1.54) is 18.4 Å². The highest BCUT2D eigenvalue weighted by atomic mass is 16.1. The van der Waals surface area contributed by atoms with Crippen molar-refractivity contribution in [3.05, 3.63) is 71.8 Å². The molecule has 0 bridgehead atoms. The third kappa shape index (κ3) is 4.78. The molecule has 166 valence electrons. The van der Waals surface area contributed by atoms with Gasteiger partial charge in [-0.15, -0.1) is 0 Å². The molecule has 1 atom stereocenters. The number of benzene rings is 2. The van der Waals surface area contributed by atoms with Crippen LogP contribution in [-0.2, 0) is 6.54 Å². The van der Waals surface area contributed by atoms with Crippen LogP contribution in [-0.4, -0.2) is 48.5 Å². The molecule has 3 aromatic rings. The molecule has 0 spiro atoms. The molecule has 1 amide bonds. The minimum Gasteiger partial charge on any atom is -0.356 e. The number of hydrogen-bond donors (Lipinski definition) is 1. The number of carbonyl (C=O) groups excluding carboxylic acids is 1. The monoisotopic (exact) mass is 428 g/mol. The number of anilines is 1. The van der Waals surface area contributed by atoms with Gasteiger partial charge in [-0.3, -0.25) is 9.69 Å². The molecule has 2 aliphatic heterocycles. The number of hydrogen-bond acceptors (Lipinski definition) is 4. The molecule has 32 heavy (non-hydrogen) atoms. The zero-order valence-electron chi connectivity index (χ0n) is 18.7. The second-order valence-electron chi connectivity index (χ2n) is 9.19. The SMILES string of the molecule is O=C(NCC1CCCN(Cc2ccccc2)C1)c1cc2ccccc2nc1N1CCCC1. The summed E-state index contributed by atoms with van der Waals surface area (Å²) < 4.78 is 0. The number of pyridine rings is 1. The summed E-state index contributed by atoms with van der Waals surface area (Å²) in [5.41, 5.74) is 3.02. The Labute approximate surface area is 190 Å². The fourth-order valence-corrected chi connectivity index (χ4v) is 5.08. The molecular weight excluding hydrogens is 396 g/mol. The smallest absolute Gasteiger partial charge is 0.255 e. The van der Waals surface area contributed by atoms with Crippen LogP contribution in [0.2, 0.25) is 0 Å². The van der Waals surface area contributed by atoms with Gasteiger partial charge in [0.2, 0.25) is 0 Å². The standard InChI is InChI=1S/C27H32N4O/c32-27(28-18-22-11-8-14-30(20-22)19-21-9-2-1-3-10-21)24-17-23-12-4-5-13-25(23)29-26(24)31-15-6-7-16-31/h1-5,9-10,12-13,17,22H,6-8,11,14-16,18-20H2,(H,28,32). The van der Waals surface area contributed by atoms with Crippen LogP contribution in [0.25, 0.3) is 10.9 Å². The predicted molar refractivity (Wildman–Crippen MR) is 130 cm³/mol. The first kappa shape index (κ1) is 21.0. The van der Waals surface area contributed by atoms with Gasteiger partial charge in [0, 0.05) is 38.1 Å². The Morgan fingerprint density at radius 1 is 0.969 bits per heavy atom. The van der Waals surface area contributed by atoms with Crippen LogP contribution in [0.5, 0.6) is 0 Å². The minimum absolute atomic E-state index is 0.00494. The number of para-hydroxylation sites is 1. The Kier molecular flexibility index (Phi) is 6.35. The van der Waals surface area contributed by atoms with Crippen LogP contribution in [0.4, 0.5) is 5.82 Å². The second kappa shape index (κ2) is 9.70. The highest BCUT2D eigenvalue weighted by Crippen LogP contribution is 2.27. The van der Waals surface area contributed by atoms with Crippen LogP contribution in [0.1, 0.15) is 41.6 Å². The Bertz CT molecular complexity index is 1060. The first-order chi connectivity index (χ1) is 15.8. The van der Waals surface area contributed by atoms with E-state index in [1.807, 2.05) is 30.3 Å². The Balaban J connectivity index is 1.27. The van der Waals surface area contributed by atoms with E-state index in [9.17, 15) is 4.79 Å². The number of amides is 1. The molecule has 0 saturated carbocycles. The van der Waals surface area contributed by atoms with Gasteiger partial charge in [-0.1, -0.05) is 48.5 Å². The van der Waals surface area contributed by atoms with Gasteiger partial charge < -0.3 is 10.2 Å². The summed E-state index contributed by atoms with van der Waals surface area (Å²) in [6, 6.07) is 20.8. The van der Waals surface area contributed by atoms with Gasteiger partial charge in [0.15, 0.2) is 0 Å².